The van der Waals surface area contributed by atoms with Crippen LogP contribution in [0.1, 0.15) is 16.8 Å². The van der Waals surface area contributed by atoms with Crippen molar-refractivity contribution >= 4 is 34.6 Å². The van der Waals surface area contributed by atoms with Crippen molar-refractivity contribution in [2.75, 3.05) is 30.4 Å². The summed E-state index contributed by atoms with van der Waals surface area (Å²) in [7, 11) is 1.47. The lowest BCUT2D eigenvalue weighted by Crippen LogP contribution is -2.26. The molecule has 0 aliphatic carbocycles. The molecule has 1 atom stereocenters. The van der Waals surface area contributed by atoms with Gasteiger partial charge in [-0.3, -0.25) is 14.9 Å². The number of carbonyl (C=O) groups is 1. The van der Waals surface area contributed by atoms with Crippen LogP contribution in [0.5, 0.6) is 0 Å². The molecule has 1 aliphatic heterocycles. The Morgan fingerprint density at radius 1 is 1.33 bits per heavy atom. The number of hydrogen-bond donors (Lipinski definition) is 2. The molecular weight excluding hydrogens is 375 g/mol. The quantitative estimate of drug-likeness (QED) is 0.601. The molecule has 7 nitrogen and oxygen atoms in total. The van der Waals surface area contributed by atoms with Crippen molar-refractivity contribution in [3.63, 3.8) is 0 Å². The van der Waals surface area contributed by atoms with Crippen LogP contribution in [0.3, 0.4) is 0 Å². The van der Waals surface area contributed by atoms with E-state index in [1.54, 1.807) is 24.3 Å². The van der Waals surface area contributed by atoms with Crippen molar-refractivity contribution in [2.45, 2.75) is 12.5 Å². The van der Waals surface area contributed by atoms with Gasteiger partial charge in [-0.25, -0.2) is 4.39 Å². The predicted octanol–water partition coefficient (Wildman–Crippen LogP) is 3.44. The number of rotatable bonds is 5. The Morgan fingerprint density at radius 2 is 2.11 bits per heavy atom. The van der Waals surface area contributed by atoms with Crippen LogP contribution >= 0.6 is 11.6 Å². The number of amides is 1. The van der Waals surface area contributed by atoms with Crippen molar-refractivity contribution in [1.82, 2.24) is 5.32 Å². The molecule has 142 valence electrons. The van der Waals surface area contributed by atoms with Gasteiger partial charge in [0.15, 0.2) is 0 Å². The highest BCUT2D eigenvalue weighted by Crippen LogP contribution is 2.30. The molecule has 2 aromatic rings. The molecule has 2 aromatic carbocycles. The monoisotopic (exact) mass is 392 g/mol. The number of anilines is 2. The minimum atomic E-state index is -0.513. The van der Waals surface area contributed by atoms with Crippen molar-refractivity contribution in [3.8, 4) is 0 Å². The summed E-state index contributed by atoms with van der Waals surface area (Å²) < 4.78 is 13.3. The highest BCUT2D eigenvalue weighted by atomic mass is 35.5. The first-order chi connectivity index (χ1) is 12.9. The number of benzene rings is 2. The van der Waals surface area contributed by atoms with Gasteiger partial charge in [-0.15, -0.1) is 0 Å². The number of nitrogens with one attached hydrogen (secondary N) is 2. The molecule has 1 saturated heterocycles. The van der Waals surface area contributed by atoms with Gasteiger partial charge in [0.2, 0.25) is 0 Å². The molecule has 9 heteroatoms. The van der Waals surface area contributed by atoms with E-state index in [4.69, 9.17) is 11.6 Å². The number of carbonyl (C=O) groups excluding carboxylic acids is 1. The van der Waals surface area contributed by atoms with E-state index in [2.05, 4.69) is 10.6 Å². The van der Waals surface area contributed by atoms with Gasteiger partial charge in [0.05, 0.1) is 9.95 Å². The molecule has 1 amide bonds. The summed E-state index contributed by atoms with van der Waals surface area (Å²) in [6.07, 6.45) is 0.753. The van der Waals surface area contributed by atoms with Gasteiger partial charge in [0.25, 0.3) is 11.6 Å². The summed E-state index contributed by atoms with van der Waals surface area (Å²) in [5.41, 5.74) is 1.23. The van der Waals surface area contributed by atoms with Crippen molar-refractivity contribution in [1.29, 1.82) is 0 Å². The minimum absolute atomic E-state index is 0.0293. The van der Waals surface area contributed by atoms with Crippen LogP contribution < -0.4 is 15.5 Å². The zero-order chi connectivity index (χ0) is 19.6. The van der Waals surface area contributed by atoms with Gasteiger partial charge in [0, 0.05) is 43.5 Å². The Labute approximate surface area is 160 Å². The molecule has 0 bridgehead atoms. The van der Waals surface area contributed by atoms with Crippen molar-refractivity contribution < 1.29 is 14.1 Å². The first kappa shape index (κ1) is 18.9. The molecule has 0 spiro atoms. The van der Waals surface area contributed by atoms with Crippen molar-refractivity contribution in [2.24, 2.45) is 0 Å². The smallest absolute Gasteiger partial charge is 0.293 e. The maximum Gasteiger partial charge on any atom is 0.293 e. The fraction of sp³-hybridized carbons (Fsp3) is 0.278. The van der Waals surface area contributed by atoms with E-state index in [1.807, 2.05) is 4.90 Å². The fourth-order valence-corrected chi connectivity index (χ4v) is 3.28. The van der Waals surface area contributed by atoms with Crippen LogP contribution in [0.25, 0.3) is 0 Å². The first-order valence-electron chi connectivity index (χ1n) is 8.36. The summed E-state index contributed by atoms with van der Waals surface area (Å²) in [6.45, 7) is 1.31. The molecule has 1 heterocycles. The molecule has 27 heavy (non-hydrogen) atoms. The lowest BCUT2D eigenvalue weighted by molar-refractivity contribution is -0.384. The molecule has 1 aliphatic rings. The van der Waals surface area contributed by atoms with E-state index in [0.717, 1.165) is 12.1 Å². The van der Waals surface area contributed by atoms with Gasteiger partial charge in [0.1, 0.15) is 11.5 Å². The minimum Gasteiger partial charge on any atom is -0.375 e. The Morgan fingerprint density at radius 3 is 2.78 bits per heavy atom. The number of hydrogen-bond acceptors (Lipinski definition) is 5. The second-order valence-corrected chi connectivity index (χ2v) is 6.65. The highest BCUT2D eigenvalue weighted by Gasteiger charge is 2.26. The Hall–Kier alpha value is -2.87. The van der Waals surface area contributed by atoms with E-state index in [9.17, 15) is 19.3 Å². The van der Waals surface area contributed by atoms with Crippen LogP contribution in [0.2, 0.25) is 5.02 Å². The maximum atomic E-state index is 13.3. The Bertz CT molecular complexity index is 893. The molecule has 0 saturated carbocycles. The van der Waals surface area contributed by atoms with Gasteiger partial charge in [-0.1, -0.05) is 11.6 Å². The van der Waals surface area contributed by atoms with E-state index in [1.165, 1.54) is 19.2 Å². The number of nitro groups is 1. The van der Waals surface area contributed by atoms with Gasteiger partial charge in [-0.2, -0.15) is 0 Å². The average molecular weight is 393 g/mol. The van der Waals surface area contributed by atoms with Gasteiger partial charge >= 0.3 is 0 Å². The standard InChI is InChI=1S/C18H18ClFN4O3/c1-21-18(25)11-2-5-16(17(8-11)24(26)27)22-12-6-7-23(10-12)13-3-4-15(20)14(19)9-13/h2-5,8-9,12,22H,6-7,10H2,1H3,(H,21,25). The van der Waals surface area contributed by atoms with E-state index < -0.39 is 10.7 Å². The molecule has 0 radical (unpaired) electrons. The first-order valence-corrected chi connectivity index (χ1v) is 8.74. The molecule has 1 fully saturated rings. The van der Waals surface area contributed by atoms with Crippen LogP contribution in [0.15, 0.2) is 36.4 Å². The summed E-state index contributed by atoms with van der Waals surface area (Å²) in [6, 6.07) is 8.86. The molecule has 0 aromatic heterocycles. The van der Waals surface area contributed by atoms with E-state index >= 15 is 0 Å². The van der Waals surface area contributed by atoms with E-state index in [0.29, 0.717) is 18.8 Å². The van der Waals surface area contributed by atoms with E-state index in [-0.39, 0.29) is 28.2 Å². The largest absolute Gasteiger partial charge is 0.375 e. The van der Waals surface area contributed by atoms with Gasteiger partial charge in [-0.05, 0) is 36.8 Å². The third-order valence-corrected chi connectivity index (χ3v) is 4.79. The third-order valence-electron chi connectivity index (χ3n) is 4.50. The highest BCUT2D eigenvalue weighted by molar-refractivity contribution is 6.31. The molecule has 2 N–H and O–H groups in total. The molecular formula is C18H18ClFN4O3. The Balaban J connectivity index is 1.75. The van der Waals surface area contributed by atoms with Crippen LogP contribution in [0, 0.1) is 15.9 Å². The van der Waals surface area contributed by atoms with Gasteiger partial charge < -0.3 is 15.5 Å². The summed E-state index contributed by atoms with van der Waals surface area (Å²) in [5.74, 6) is -0.856. The topological polar surface area (TPSA) is 87.5 Å². The molecule has 3 rings (SSSR count). The maximum absolute atomic E-state index is 13.3. The Kier molecular flexibility index (Phi) is 5.46. The number of nitrogens with zero attached hydrogens (tertiary/aromatic N) is 2. The summed E-state index contributed by atoms with van der Waals surface area (Å²) in [5, 5.41) is 17.1. The SMILES string of the molecule is CNC(=O)c1ccc(NC2CCN(c3ccc(F)c(Cl)c3)C2)c([N+](=O)[O-])c1. The zero-order valence-corrected chi connectivity index (χ0v) is 15.3. The summed E-state index contributed by atoms with van der Waals surface area (Å²) >= 11 is 5.84. The van der Waals surface area contributed by atoms with Crippen LogP contribution in [-0.2, 0) is 0 Å². The van der Waals surface area contributed by atoms with Crippen LogP contribution in [0.4, 0.5) is 21.5 Å². The average Bonchev–Trinajstić information content (AvgIpc) is 3.12. The fourth-order valence-electron chi connectivity index (χ4n) is 3.10. The van der Waals surface area contributed by atoms with Crippen LogP contribution in [-0.4, -0.2) is 37.0 Å². The lowest BCUT2D eigenvalue weighted by Gasteiger charge is -2.20. The number of nitro benzene ring substituents is 1. The normalized spacial score (nSPS) is 16.3. The lowest BCUT2D eigenvalue weighted by atomic mass is 10.1. The predicted molar refractivity (Wildman–Crippen MR) is 102 cm³/mol. The second-order valence-electron chi connectivity index (χ2n) is 6.24. The zero-order valence-electron chi connectivity index (χ0n) is 14.5. The number of halogens is 2. The summed E-state index contributed by atoms with van der Waals surface area (Å²) in [4.78, 5) is 24.6. The van der Waals surface area contributed by atoms with Crippen molar-refractivity contribution in [3.05, 3.63) is 62.9 Å². The third kappa shape index (κ3) is 4.11. The molecule has 1 unspecified atom stereocenters. The second kappa shape index (κ2) is 7.79.